The third-order valence-electron chi connectivity index (χ3n) is 3.12. The number of urea groups is 1. The van der Waals surface area contributed by atoms with Crippen molar-refractivity contribution in [2.75, 3.05) is 18.8 Å². The molecule has 1 aliphatic heterocycles. The Kier molecular flexibility index (Phi) is 6.32. The number of nitrogens with one attached hydrogen (secondary N) is 2. The molecule has 2 amide bonds. The van der Waals surface area contributed by atoms with Crippen LogP contribution in [0.1, 0.15) is 26.7 Å². The Balaban J connectivity index is 2.20. The molecule has 3 N–H and O–H groups in total. The van der Waals surface area contributed by atoms with Gasteiger partial charge in [0.2, 0.25) is 0 Å². The summed E-state index contributed by atoms with van der Waals surface area (Å²) in [6.07, 6.45) is 2.36. The van der Waals surface area contributed by atoms with Crippen LogP contribution in [0.4, 0.5) is 4.79 Å². The van der Waals surface area contributed by atoms with Gasteiger partial charge in [0.1, 0.15) is 0 Å². The second-order valence-corrected chi connectivity index (χ2v) is 6.32. The van der Waals surface area contributed by atoms with Crippen LogP contribution in [-0.2, 0) is 4.79 Å². The van der Waals surface area contributed by atoms with Gasteiger partial charge in [-0.1, -0.05) is 13.8 Å². The van der Waals surface area contributed by atoms with Crippen molar-refractivity contribution in [3.8, 4) is 0 Å². The maximum absolute atomic E-state index is 11.5. The molecule has 1 rings (SSSR count). The fourth-order valence-electron chi connectivity index (χ4n) is 1.89. The summed E-state index contributed by atoms with van der Waals surface area (Å²) >= 11 is 1.88. The number of carbonyl (C=O) groups excluding carboxylic acids is 1. The molecule has 2 atom stereocenters. The van der Waals surface area contributed by atoms with Crippen molar-refractivity contribution >= 4 is 23.8 Å². The van der Waals surface area contributed by atoms with Crippen LogP contribution in [0.2, 0.25) is 0 Å². The molecule has 2 unspecified atom stereocenters. The quantitative estimate of drug-likeness (QED) is 0.686. The average molecular weight is 274 g/mol. The first-order chi connectivity index (χ1) is 8.50. The molecule has 0 aromatic rings. The highest BCUT2D eigenvalue weighted by atomic mass is 32.2. The molecule has 1 saturated heterocycles. The molecule has 104 valence electrons. The summed E-state index contributed by atoms with van der Waals surface area (Å²) in [4.78, 5) is 22.5. The van der Waals surface area contributed by atoms with Crippen LogP contribution < -0.4 is 10.6 Å². The third-order valence-corrected chi connectivity index (χ3v) is 4.52. The molecule has 6 heteroatoms. The molecule has 18 heavy (non-hydrogen) atoms. The molecule has 0 aromatic carbocycles. The Morgan fingerprint density at radius 3 is 2.61 bits per heavy atom. The van der Waals surface area contributed by atoms with Gasteiger partial charge in [0, 0.05) is 18.3 Å². The largest absolute Gasteiger partial charge is 0.481 e. The number of carboxylic acids is 1. The molecule has 0 saturated carbocycles. The minimum absolute atomic E-state index is 0.00758. The van der Waals surface area contributed by atoms with Gasteiger partial charge in [0.05, 0.1) is 5.92 Å². The lowest BCUT2D eigenvalue weighted by Crippen LogP contribution is -2.42. The van der Waals surface area contributed by atoms with E-state index in [-0.39, 0.29) is 18.5 Å². The van der Waals surface area contributed by atoms with E-state index in [1.54, 1.807) is 0 Å². The normalized spacial score (nSPS) is 20.7. The van der Waals surface area contributed by atoms with Crippen molar-refractivity contribution in [2.24, 2.45) is 11.8 Å². The second kappa shape index (κ2) is 7.51. The highest BCUT2D eigenvalue weighted by Gasteiger charge is 2.22. The van der Waals surface area contributed by atoms with Crippen LogP contribution in [-0.4, -0.2) is 41.2 Å². The molecule has 1 fully saturated rings. The Morgan fingerprint density at radius 1 is 1.39 bits per heavy atom. The van der Waals surface area contributed by atoms with Crippen LogP contribution in [0.3, 0.4) is 0 Å². The zero-order valence-electron chi connectivity index (χ0n) is 10.9. The van der Waals surface area contributed by atoms with Crippen molar-refractivity contribution in [1.82, 2.24) is 10.6 Å². The van der Waals surface area contributed by atoms with E-state index in [1.807, 2.05) is 25.6 Å². The molecule has 0 spiro atoms. The number of rotatable bonds is 6. The molecule has 1 aliphatic rings. The summed E-state index contributed by atoms with van der Waals surface area (Å²) in [5.41, 5.74) is 0. The van der Waals surface area contributed by atoms with Gasteiger partial charge in [-0.2, -0.15) is 11.8 Å². The number of amides is 2. The summed E-state index contributed by atoms with van der Waals surface area (Å²) in [5, 5.41) is 14.9. The summed E-state index contributed by atoms with van der Waals surface area (Å²) < 4.78 is 0. The average Bonchev–Trinajstić information content (AvgIpc) is 2.78. The number of hydrogen-bond donors (Lipinski definition) is 3. The summed E-state index contributed by atoms with van der Waals surface area (Å²) in [5.74, 6) is -0.219. The minimum Gasteiger partial charge on any atom is -0.481 e. The maximum Gasteiger partial charge on any atom is 0.314 e. The van der Waals surface area contributed by atoms with Gasteiger partial charge in [-0.3, -0.25) is 4.79 Å². The number of aliphatic carboxylic acids is 1. The SMILES string of the molecule is CC(C)C(CNC(=O)NCC1CCCS1)C(=O)O. The molecule has 5 nitrogen and oxygen atoms in total. The van der Waals surface area contributed by atoms with Crippen LogP contribution in [0, 0.1) is 11.8 Å². The first kappa shape index (κ1) is 15.1. The molecular weight excluding hydrogens is 252 g/mol. The van der Waals surface area contributed by atoms with E-state index in [0.29, 0.717) is 11.8 Å². The van der Waals surface area contributed by atoms with E-state index >= 15 is 0 Å². The van der Waals surface area contributed by atoms with Crippen LogP contribution >= 0.6 is 11.8 Å². The summed E-state index contributed by atoms with van der Waals surface area (Å²) in [7, 11) is 0. The lowest BCUT2D eigenvalue weighted by Gasteiger charge is -2.17. The monoisotopic (exact) mass is 274 g/mol. The molecular formula is C12H22N2O3S. The zero-order chi connectivity index (χ0) is 13.5. The van der Waals surface area contributed by atoms with Crippen LogP contribution in [0.5, 0.6) is 0 Å². The predicted molar refractivity (Wildman–Crippen MR) is 72.8 cm³/mol. The standard InChI is InChI=1S/C12H22N2O3S/c1-8(2)10(11(15)16)7-14-12(17)13-6-9-4-3-5-18-9/h8-10H,3-7H2,1-2H3,(H,15,16)(H2,13,14,17). The van der Waals surface area contributed by atoms with E-state index in [9.17, 15) is 9.59 Å². The Bertz CT molecular complexity index is 291. The van der Waals surface area contributed by atoms with Crippen molar-refractivity contribution in [3.05, 3.63) is 0 Å². The lowest BCUT2D eigenvalue weighted by atomic mass is 9.96. The van der Waals surface area contributed by atoms with Crippen molar-refractivity contribution < 1.29 is 14.7 Å². The highest BCUT2D eigenvalue weighted by Crippen LogP contribution is 2.25. The van der Waals surface area contributed by atoms with Crippen molar-refractivity contribution in [2.45, 2.75) is 31.9 Å². The van der Waals surface area contributed by atoms with E-state index in [0.717, 1.165) is 6.42 Å². The van der Waals surface area contributed by atoms with Gasteiger partial charge in [0.15, 0.2) is 0 Å². The second-order valence-electron chi connectivity index (χ2n) is 4.91. The Morgan fingerprint density at radius 2 is 2.11 bits per heavy atom. The van der Waals surface area contributed by atoms with Gasteiger partial charge in [0.25, 0.3) is 0 Å². The fourth-order valence-corrected chi connectivity index (χ4v) is 3.09. The topological polar surface area (TPSA) is 78.4 Å². The minimum atomic E-state index is -0.864. The Hall–Kier alpha value is -0.910. The van der Waals surface area contributed by atoms with Crippen molar-refractivity contribution in [3.63, 3.8) is 0 Å². The number of carboxylic acid groups (broad SMARTS) is 1. The first-order valence-electron chi connectivity index (χ1n) is 6.36. The van der Waals surface area contributed by atoms with Crippen molar-refractivity contribution in [1.29, 1.82) is 0 Å². The Labute approximate surface area is 112 Å². The fraction of sp³-hybridized carbons (Fsp3) is 0.833. The maximum atomic E-state index is 11.5. The van der Waals surface area contributed by atoms with Gasteiger partial charge < -0.3 is 15.7 Å². The molecule has 0 radical (unpaired) electrons. The molecule has 1 heterocycles. The predicted octanol–water partition coefficient (Wildman–Crippen LogP) is 1.54. The van der Waals surface area contributed by atoms with E-state index < -0.39 is 11.9 Å². The zero-order valence-corrected chi connectivity index (χ0v) is 11.8. The van der Waals surface area contributed by atoms with Gasteiger partial charge in [-0.05, 0) is 24.5 Å². The van der Waals surface area contributed by atoms with Gasteiger partial charge in [-0.25, -0.2) is 4.79 Å². The number of carbonyl (C=O) groups is 2. The van der Waals surface area contributed by atoms with Crippen LogP contribution in [0.15, 0.2) is 0 Å². The van der Waals surface area contributed by atoms with Crippen LogP contribution in [0.25, 0.3) is 0 Å². The lowest BCUT2D eigenvalue weighted by molar-refractivity contribution is -0.142. The molecule has 0 aliphatic carbocycles. The van der Waals surface area contributed by atoms with Gasteiger partial charge in [-0.15, -0.1) is 0 Å². The van der Waals surface area contributed by atoms with E-state index in [2.05, 4.69) is 10.6 Å². The molecule has 0 aromatic heterocycles. The smallest absolute Gasteiger partial charge is 0.314 e. The first-order valence-corrected chi connectivity index (χ1v) is 7.41. The van der Waals surface area contributed by atoms with Gasteiger partial charge >= 0.3 is 12.0 Å². The number of thioether (sulfide) groups is 1. The third kappa shape index (κ3) is 5.16. The summed E-state index contributed by atoms with van der Waals surface area (Å²) in [6.45, 7) is 4.52. The van der Waals surface area contributed by atoms with E-state index in [1.165, 1.54) is 12.2 Å². The highest BCUT2D eigenvalue weighted by molar-refractivity contribution is 8.00. The van der Waals surface area contributed by atoms with E-state index in [4.69, 9.17) is 5.11 Å². The number of hydrogen-bond acceptors (Lipinski definition) is 3. The summed E-state index contributed by atoms with van der Waals surface area (Å²) in [6, 6.07) is -0.269. The molecule has 0 bridgehead atoms.